The van der Waals surface area contributed by atoms with Crippen molar-refractivity contribution in [2.24, 2.45) is 4.36 Å². The number of nitrogens with zero attached hydrogens (tertiary/aromatic N) is 2. The molecule has 0 N–H and O–H groups in total. The Kier molecular flexibility index (Phi) is 3.45. The van der Waals surface area contributed by atoms with Gasteiger partial charge in [-0.15, -0.1) is 0 Å². The largest absolute Gasteiger partial charge is 0.245 e. The number of hydrogen-bond acceptors (Lipinski definition) is 3. The van der Waals surface area contributed by atoms with Gasteiger partial charge in [0.25, 0.3) is 0 Å². The Balaban J connectivity index is 2.50. The zero-order valence-electron chi connectivity index (χ0n) is 9.91. The van der Waals surface area contributed by atoms with Gasteiger partial charge in [-0.1, -0.05) is 24.3 Å². The summed E-state index contributed by atoms with van der Waals surface area (Å²) in [5.74, 6) is 0. The lowest BCUT2D eigenvalue weighted by Crippen LogP contribution is -1.96. The van der Waals surface area contributed by atoms with Crippen molar-refractivity contribution < 1.29 is 4.21 Å². The summed E-state index contributed by atoms with van der Waals surface area (Å²) in [5.41, 5.74) is 1.07. The van der Waals surface area contributed by atoms with Crippen molar-refractivity contribution in [1.29, 1.82) is 5.26 Å². The van der Waals surface area contributed by atoms with Gasteiger partial charge in [0.15, 0.2) is 0 Å². The second-order valence-corrected chi connectivity index (χ2v) is 6.13. The van der Waals surface area contributed by atoms with E-state index in [4.69, 9.17) is 5.26 Å². The molecule has 0 radical (unpaired) electrons. The minimum Gasteiger partial charge on any atom is -0.245 e. The van der Waals surface area contributed by atoms with Crippen LogP contribution in [0.15, 0.2) is 63.9 Å². The van der Waals surface area contributed by atoms with Crippen LogP contribution in [0.4, 0.5) is 5.69 Å². The summed E-state index contributed by atoms with van der Waals surface area (Å²) >= 11 is 0. The van der Waals surface area contributed by atoms with Gasteiger partial charge in [-0.2, -0.15) is 9.62 Å². The first-order chi connectivity index (χ1) is 8.62. The minimum atomic E-state index is -2.47. The summed E-state index contributed by atoms with van der Waals surface area (Å²) in [5, 5.41) is 8.81. The number of hydrogen-bond donors (Lipinski definition) is 0. The van der Waals surface area contributed by atoms with Crippen molar-refractivity contribution in [3.63, 3.8) is 0 Å². The lowest BCUT2D eigenvalue weighted by Gasteiger charge is -2.04. The molecular weight excluding hydrogens is 244 g/mol. The molecule has 0 aromatic heterocycles. The first kappa shape index (κ1) is 12.3. The summed E-state index contributed by atoms with van der Waals surface area (Å²) in [6.07, 6.45) is 1.60. The highest BCUT2D eigenvalue weighted by molar-refractivity contribution is 7.93. The maximum atomic E-state index is 12.5. The van der Waals surface area contributed by atoms with E-state index in [2.05, 4.69) is 4.36 Å². The van der Waals surface area contributed by atoms with Gasteiger partial charge in [0.05, 0.1) is 27.0 Å². The highest BCUT2D eigenvalue weighted by atomic mass is 32.2. The molecule has 0 fully saturated rings. The van der Waals surface area contributed by atoms with Crippen molar-refractivity contribution in [2.45, 2.75) is 4.90 Å². The van der Waals surface area contributed by atoms with Crippen LogP contribution >= 0.6 is 0 Å². The van der Waals surface area contributed by atoms with Gasteiger partial charge < -0.3 is 0 Å². The minimum absolute atomic E-state index is 0.513. The molecule has 0 aliphatic heterocycles. The van der Waals surface area contributed by atoms with Gasteiger partial charge in [-0.05, 0) is 30.3 Å². The van der Waals surface area contributed by atoms with Gasteiger partial charge >= 0.3 is 0 Å². The van der Waals surface area contributed by atoms with Crippen LogP contribution in [0.2, 0.25) is 0 Å². The summed E-state index contributed by atoms with van der Waals surface area (Å²) in [6, 6.07) is 18.0. The maximum Gasteiger partial charge on any atom is 0.0992 e. The first-order valence-corrected chi connectivity index (χ1v) is 7.31. The van der Waals surface area contributed by atoms with E-state index in [-0.39, 0.29) is 0 Å². The Bertz CT molecular complexity index is 708. The highest BCUT2D eigenvalue weighted by Gasteiger charge is 2.05. The predicted molar refractivity (Wildman–Crippen MR) is 72.0 cm³/mol. The van der Waals surface area contributed by atoms with E-state index >= 15 is 0 Å². The molecule has 1 unspecified atom stereocenters. The summed E-state index contributed by atoms with van der Waals surface area (Å²) in [7, 11) is -2.47. The summed E-state index contributed by atoms with van der Waals surface area (Å²) < 4.78 is 16.8. The molecule has 0 amide bonds. The van der Waals surface area contributed by atoms with Crippen molar-refractivity contribution in [2.75, 3.05) is 6.26 Å². The van der Waals surface area contributed by atoms with Crippen molar-refractivity contribution in [3.05, 3.63) is 60.2 Å². The fourth-order valence-corrected chi connectivity index (χ4v) is 2.84. The van der Waals surface area contributed by atoms with E-state index in [1.54, 1.807) is 42.7 Å². The SMILES string of the molecule is CS(=O)(=Nc1cccc(C#N)c1)c1ccccc1. The Morgan fingerprint density at radius 1 is 1.11 bits per heavy atom. The molecule has 0 aliphatic carbocycles. The Hall–Kier alpha value is -2.12. The molecule has 18 heavy (non-hydrogen) atoms. The zero-order valence-corrected chi connectivity index (χ0v) is 10.7. The van der Waals surface area contributed by atoms with Crippen LogP contribution in [0.1, 0.15) is 5.56 Å². The molecule has 0 saturated heterocycles. The van der Waals surface area contributed by atoms with Crippen LogP contribution in [0.25, 0.3) is 0 Å². The van der Waals surface area contributed by atoms with Crippen LogP contribution < -0.4 is 0 Å². The third-order valence-corrected chi connectivity index (χ3v) is 4.14. The van der Waals surface area contributed by atoms with Gasteiger partial charge in [0.1, 0.15) is 0 Å². The molecular formula is C14H12N2OS. The van der Waals surface area contributed by atoms with Crippen LogP contribution in [-0.4, -0.2) is 10.5 Å². The van der Waals surface area contributed by atoms with E-state index < -0.39 is 9.73 Å². The normalized spacial score (nSPS) is 13.3. The number of rotatable bonds is 2. The Labute approximate surface area is 107 Å². The second-order valence-electron chi connectivity index (χ2n) is 3.87. The predicted octanol–water partition coefficient (Wildman–Crippen LogP) is 3.35. The van der Waals surface area contributed by atoms with E-state index in [1.807, 2.05) is 24.3 Å². The van der Waals surface area contributed by atoms with Gasteiger partial charge in [-0.25, -0.2) is 4.21 Å². The van der Waals surface area contributed by atoms with Crippen LogP contribution in [-0.2, 0) is 9.73 Å². The zero-order chi connectivity index (χ0) is 13.0. The molecule has 0 aliphatic rings. The van der Waals surface area contributed by atoms with Crippen molar-refractivity contribution in [1.82, 2.24) is 0 Å². The van der Waals surface area contributed by atoms with Crippen LogP contribution in [0, 0.1) is 11.3 Å². The average molecular weight is 256 g/mol. The summed E-state index contributed by atoms with van der Waals surface area (Å²) in [6.45, 7) is 0. The van der Waals surface area contributed by atoms with Gasteiger partial charge in [-0.3, -0.25) is 0 Å². The fourth-order valence-electron chi connectivity index (χ4n) is 1.56. The topological polar surface area (TPSA) is 53.2 Å². The highest BCUT2D eigenvalue weighted by Crippen LogP contribution is 2.20. The van der Waals surface area contributed by atoms with E-state index in [9.17, 15) is 4.21 Å². The molecule has 4 heteroatoms. The number of benzene rings is 2. The third-order valence-electron chi connectivity index (χ3n) is 2.44. The second kappa shape index (κ2) is 5.03. The van der Waals surface area contributed by atoms with Gasteiger partial charge in [0.2, 0.25) is 0 Å². The van der Waals surface area contributed by atoms with Crippen LogP contribution in [0.5, 0.6) is 0 Å². The van der Waals surface area contributed by atoms with Crippen LogP contribution in [0.3, 0.4) is 0 Å². The standard InChI is InChI=1S/C14H12N2OS/c1-18(17,14-8-3-2-4-9-14)16-13-7-5-6-12(10-13)11-15/h2-10H,1H3. The molecule has 0 saturated carbocycles. The molecule has 3 nitrogen and oxygen atoms in total. The Morgan fingerprint density at radius 2 is 1.83 bits per heavy atom. The van der Waals surface area contributed by atoms with Crippen molar-refractivity contribution >= 4 is 15.4 Å². The molecule has 2 rings (SSSR count). The number of nitriles is 1. The van der Waals surface area contributed by atoms with E-state index in [1.165, 1.54) is 0 Å². The fraction of sp³-hybridized carbons (Fsp3) is 0.0714. The molecule has 90 valence electrons. The molecule has 2 aromatic carbocycles. The first-order valence-electron chi connectivity index (χ1n) is 5.39. The maximum absolute atomic E-state index is 12.5. The van der Waals surface area contributed by atoms with E-state index in [0.717, 1.165) is 0 Å². The monoisotopic (exact) mass is 256 g/mol. The molecule has 0 heterocycles. The average Bonchev–Trinajstić information content (AvgIpc) is 2.39. The smallest absolute Gasteiger partial charge is 0.0992 e. The van der Waals surface area contributed by atoms with Crippen molar-refractivity contribution in [3.8, 4) is 6.07 Å². The lowest BCUT2D eigenvalue weighted by atomic mass is 10.2. The Morgan fingerprint density at radius 3 is 2.50 bits per heavy atom. The molecule has 0 spiro atoms. The molecule has 0 bridgehead atoms. The third kappa shape index (κ3) is 2.76. The molecule has 2 aromatic rings. The molecule has 1 atom stereocenters. The summed E-state index contributed by atoms with van der Waals surface area (Å²) in [4.78, 5) is 0.687. The van der Waals surface area contributed by atoms with E-state index in [0.29, 0.717) is 16.1 Å². The lowest BCUT2D eigenvalue weighted by molar-refractivity contribution is 0.681. The quantitative estimate of drug-likeness (QED) is 0.827. The van der Waals surface area contributed by atoms with Gasteiger partial charge in [0, 0.05) is 11.2 Å².